The molecule has 0 bridgehead atoms. The first-order chi connectivity index (χ1) is 13.9. The van der Waals surface area contributed by atoms with Crippen LogP contribution in [0, 0.1) is 0 Å². The van der Waals surface area contributed by atoms with E-state index in [-0.39, 0.29) is 11.9 Å². The average molecular weight is 521 g/mol. The van der Waals surface area contributed by atoms with Crippen LogP contribution in [0.15, 0.2) is 51.4 Å². The summed E-state index contributed by atoms with van der Waals surface area (Å²) in [6, 6.07) is 14.7. The fourth-order valence-electron chi connectivity index (χ4n) is 4.74. The van der Waals surface area contributed by atoms with Crippen LogP contribution in [0.5, 0.6) is 0 Å². The SMILES string of the molecule is C[C@@H](c1cc(Br)cc(Br)c1)N(C)C(=O)C1(N2CCNCC2)Cc2ccccc2C1. The van der Waals surface area contributed by atoms with E-state index in [0.717, 1.165) is 53.5 Å². The van der Waals surface area contributed by atoms with E-state index in [9.17, 15) is 4.79 Å². The third kappa shape index (κ3) is 4.05. The zero-order valence-corrected chi connectivity index (χ0v) is 20.1. The lowest BCUT2D eigenvalue weighted by Crippen LogP contribution is -2.64. The fourth-order valence-corrected chi connectivity index (χ4v) is 6.07. The topological polar surface area (TPSA) is 35.6 Å². The Morgan fingerprint density at radius 1 is 1.07 bits per heavy atom. The highest BCUT2D eigenvalue weighted by Crippen LogP contribution is 2.38. The quantitative estimate of drug-likeness (QED) is 0.657. The molecule has 6 heteroatoms. The van der Waals surface area contributed by atoms with Gasteiger partial charge in [-0.3, -0.25) is 9.69 Å². The summed E-state index contributed by atoms with van der Waals surface area (Å²) < 4.78 is 2.03. The Bertz CT molecular complexity index is 865. The van der Waals surface area contributed by atoms with E-state index in [1.165, 1.54) is 11.1 Å². The molecule has 0 spiro atoms. The summed E-state index contributed by atoms with van der Waals surface area (Å²) in [6.45, 7) is 5.79. The fraction of sp³-hybridized carbons (Fsp3) is 0.435. The van der Waals surface area contributed by atoms with Gasteiger partial charge in [0.2, 0.25) is 5.91 Å². The molecule has 0 unspecified atom stereocenters. The molecule has 2 aromatic rings. The standard InChI is InChI=1S/C23H27Br2N3O/c1-16(19-11-20(24)13-21(25)12-19)27(2)22(29)23(28-9-7-26-8-10-28)14-17-5-3-4-6-18(17)15-23/h3-6,11-13,16,26H,7-10,14-15H2,1-2H3/t16-/m0/s1. The Balaban J connectivity index is 1.66. The van der Waals surface area contributed by atoms with Crippen LogP contribution in [0.25, 0.3) is 0 Å². The highest BCUT2D eigenvalue weighted by atomic mass is 79.9. The van der Waals surface area contributed by atoms with Crippen molar-refractivity contribution in [2.24, 2.45) is 0 Å². The summed E-state index contributed by atoms with van der Waals surface area (Å²) in [7, 11) is 1.95. The van der Waals surface area contributed by atoms with Crippen molar-refractivity contribution >= 4 is 37.8 Å². The molecule has 1 saturated heterocycles. The zero-order valence-electron chi connectivity index (χ0n) is 16.9. The van der Waals surface area contributed by atoms with Crippen molar-refractivity contribution < 1.29 is 4.79 Å². The van der Waals surface area contributed by atoms with Gasteiger partial charge >= 0.3 is 0 Å². The molecule has 1 N–H and O–H groups in total. The predicted octanol–water partition coefficient (Wildman–Crippen LogP) is 4.17. The maximum absolute atomic E-state index is 14.1. The second kappa shape index (κ2) is 8.50. The molecule has 1 atom stereocenters. The van der Waals surface area contributed by atoms with Crippen LogP contribution in [-0.4, -0.2) is 54.5 Å². The minimum Gasteiger partial charge on any atom is -0.337 e. The Labute approximate surface area is 189 Å². The van der Waals surface area contributed by atoms with Gasteiger partial charge in [-0.15, -0.1) is 0 Å². The van der Waals surface area contributed by atoms with Gasteiger partial charge in [0, 0.05) is 55.0 Å². The highest BCUT2D eigenvalue weighted by molar-refractivity contribution is 9.11. The molecule has 0 aromatic heterocycles. The number of carbonyl (C=O) groups excluding carboxylic acids is 1. The van der Waals surface area contributed by atoms with Crippen molar-refractivity contribution in [1.29, 1.82) is 0 Å². The minimum atomic E-state index is -0.488. The maximum Gasteiger partial charge on any atom is 0.244 e. The Morgan fingerprint density at radius 3 is 2.17 bits per heavy atom. The minimum absolute atomic E-state index is 0.0141. The van der Waals surface area contributed by atoms with Crippen LogP contribution in [0.3, 0.4) is 0 Å². The molecular weight excluding hydrogens is 494 g/mol. The summed E-state index contributed by atoms with van der Waals surface area (Å²) in [5.74, 6) is 0.221. The number of fused-ring (bicyclic) bond motifs is 1. The summed E-state index contributed by atoms with van der Waals surface area (Å²) in [5.41, 5.74) is 3.25. The van der Waals surface area contributed by atoms with Gasteiger partial charge in [-0.1, -0.05) is 56.1 Å². The monoisotopic (exact) mass is 519 g/mol. The molecule has 1 amide bonds. The molecular formula is C23H27Br2N3O. The number of piperazine rings is 1. The van der Waals surface area contributed by atoms with Gasteiger partial charge in [0.05, 0.1) is 6.04 Å². The number of likely N-dealkylation sites (N-methyl/N-ethyl adjacent to an activating group) is 1. The molecule has 2 aliphatic rings. The largest absolute Gasteiger partial charge is 0.337 e. The Hall–Kier alpha value is -1.21. The van der Waals surface area contributed by atoms with E-state index in [1.807, 2.05) is 18.0 Å². The molecule has 1 aliphatic heterocycles. The van der Waals surface area contributed by atoms with Gasteiger partial charge in [0.1, 0.15) is 5.54 Å². The summed E-state index contributed by atoms with van der Waals surface area (Å²) in [4.78, 5) is 18.4. The summed E-state index contributed by atoms with van der Waals surface area (Å²) >= 11 is 7.16. The molecule has 1 aliphatic carbocycles. The molecule has 29 heavy (non-hydrogen) atoms. The van der Waals surface area contributed by atoms with E-state index in [2.05, 4.69) is 85.4 Å². The molecule has 1 heterocycles. The van der Waals surface area contributed by atoms with E-state index in [4.69, 9.17) is 0 Å². The lowest BCUT2D eigenvalue weighted by Gasteiger charge is -2.45. The molecule has 2 aromatic carbocycles. The van der Waals surface area contributed by atoms with Crippen LogP contribution in [0.2, 0.25) is 0 Å². The van der Waals surface area contributed by atoms with E-state index >= 15 is 0 Å². The Morgan fingerprint density at radius 2 is 1.62 bits per heavy atom. The molecule has 1 fully saturated rings. The van der Waals surface area contributed by atoms with Gasteiger partial charge < -0.3 is 10.2 Å². The third-order valence-corrected chi connectivity index (χ3v) is 7.39. The maximum atomic E-state index is 14.1. The number of hydrogen-bond donors (Lipinski definition) is 1. The first-order valence-electron chi connectivity index (χ1n) is 10.2. The van der Waals surface area contributed by atoms with Crippen molar-refractivity contribution in [3.63, 3.8) is 0 Å². The van der Waals surface area contributed by atoms with Gasteiger partial charge in [0.25, 0.3) is 0 Å². The summed E-state index contributed by atoms with van der Waals surface area (Å²) in [6.07, 6.45) is 1.59. The summed E-state index contributed by atoms with van der Waals surface area (Å²) in [5, 5.41) is 3.43. The van der Waals surface area contributed by atoms with Crippen LogP contribution in [0.1, 0.15) is 29.7 Å². The number of rotatable bonds is 4. The van der Waals surface area contributed by atoms with Gasteiger partial charge in [-0.25, -0.2) is 0 Å². The molecule has 0 radical (unpaired) electrons. The van der Waals surface area contributed by atoms with E-state index < -0.39 is 5.54 Å². The number of benzene rings is 2. The smallest absolute Gasteiger partial charge is 0.244 e. The van der Waals surface area contributed by atoms with Gasteiger partial charge in [-0.2, -0.15) is 0 Å². The van der Waals surface area contributed by atoms with Crippen molar-refractivity contribution in [2.75, 3.05) is 33.2 Å². The number of halogens is 2. The first-order valence-corrected chi connectivity index (χ1v) is 11.7. The number of amides is 1. The highest BCUT2D eigenvalue weighted by Gasteiger charge is 2.50. The number of hydrogen-bond acceptors (Lipinski definition) is 3. The second-order valence-corrected chi connectivity index (χ2v) is 10.0. The first kappa shape index (κ1) is 21.0. The lowest BCUT2D eigenvalue weighted by atomic mass is 9.89. The van der Waals surface area contributed by atoms with Crippen LogP contribution < -0.4 is 5.32 Å². The lowest BCUT2D eigenvalue weighted by molar-refractivity contribution is -0.145. The van der Waals surface area contributed by atoms with Crippen LogP contribution in [0.4, 0.5) is 0 Å². The van der Waals surface area contributed by atoms with Crippen molar-refractivity contribution in [2.45, 2.75) is 31.3 Å². The van der Waals surface area contributed by atoms with E-state index in [1.54, 1.807) is 0 Å². The van der Waals surface area contributed by atoms with Gasteiger partial charge in [-0.05, 0) is 41.8 Å². The molecule has 154 valence electrons. The van der Waals surface area contributed by atoms with Crippen LogP contribution in [-0.2, 0) is 17.6 Å². The zero-order chi connectivity index (χ0) is 20.6. The third-order valence-electron chi connectivity index (χ3n) is 6.47. The molecule has 4 rings (SSSR count). The predicted molar refractivity (Wildman–Crippen MR) is 124 cm³/mol. The number of nitrogens with one attached hydrogen (secondary N) is 1. The average Bonchev–Trinajstić information content (AvgIpc) is 3.13. The normalized spacial score (nSPS) is 19.6. The molecule has 4 nitrogen and oxygen atoms in total. The number of carbonyl (C=O) groups is 1. The second-order valence-electron chi connectivity index (χ2n) is 8.19. The number of nitrogens with zero attached hydrogens (tertiary/aromatic N) is 2. The van der Waals surface area contributed by atoms with Gasteiger partial charge in [0.15, 0.2) is 0 Å². The van der Waals surface area contributed by atoms with Crippen LogP contribution >= 0.6 is 31.9 Å². The van der Waals surface area contributed by atoms with Crippen molar-refractivity contribution in [3.05, 3.63) is 68.1 Å². The Kier molecular flexibility index (Phi) is 6.17. The molecule has 0 saturated carbocycles. The van der Waals surface area contributed by atoms with Crippen molar-refractivity contribution in [3.8, 4) is 0 Å². The van der Waals surface area contributed by atoms with E-state index in [0.29, 0.717) is 0 Å². The van der Waals surface area contributed by atoms with Crippen molar-refractivity contribution in [1.82, 2.24) is 15.1 Å².